The maximum absolute atomic E-state index is 13.0. The molecular weight excluding hydrogens is 478 g/mol. The van der Waals surface area contributed by atoms with Crippen molar-refractivity contribution in [1.29, 1.82) is 0 Å². The second kappa shape index (κ2) is 10.1. The summed E-state index contributed by atoms with van der Waals surface area (Å²) in [4.78, 5) is 31.0. The lowest BCUT2D eigenvalue weighted by molar-refractivity contribution is -0.130. The molecule has 1 atom stereocenters. The highest BCUT2D eigenvalue weighted by molar-refractivity contribution is 7.08. The van der Waals surface area contributed by atoms with Gasteiger partial charge in [0.1, 0.15) is 6.04 Å². The number of H-pyrrole nitrogens is 1. The van der Waals surface area contributed by atoms with E-state index >= 15 is 0 Å². The molecule has 1 aliphatic rings. The van der Waals surface area contributed by atoms with Crippen LogP contribution in [0.5, 0.6) is 0 Å². The maximum atomic E-state index is 13.0. The van der Waals surface area contributed by atoms with Crippen LogP contribution in [0.3, 0.4) is 0 Å². The number of fused-ring (bicyclic) bond motifs is 1. The number of nitrogens with zero attached hydrogens (tertiary/aromatic N) is 1. The molecule has 6 heteroatoms. The van der Waals surface area contributed by atoms with E-state index in [1.807, 2.05) is 30.3 Å². The molecule has 0 spiro atoms. The molecule has 6 rings (SSSR count). The lowest BCUT2D eigenvalue weighted by Gasteiger charge is -2.26. The van der Waals surface area contributed by atoms with Gasteiger partial charge in [-0.1, -0.05) is 48.5 Å². The number of anilines is 1. The monoisotopic (exact) mass is 505 g/mol. The van der Waals surface area contributed by atoms with E-state index in [0.717, 1.165) is 47.4 Å². The van der Waals surface area contributed by atoms with Crippen LogP contribution in [0.15, 0.2) is 95.7 Å². The van der Waals surface area contributed by atoms with Gasteiger partial charge in [-0.05, 0) is 82.3 Å². The third-order valence-electron chi connectivity index (χ3n) is 7.01. The number of hydrogen-bond donors (Lipinski definition) is 2. The highest BCUT2D eigenvalue weighted by atomic mass is 32.1. The molecule has 0 bridgehead atoms. The van der Waals surface area contributed by atoms with Gasteiger partial charge in [-0.25, -0.2) is 0 Å². The summed E-state index contributed by atoms with van der Waals surface area (Å²) in [6.07, 6.45) is 1.86. The van der Waals surface area contributed by atoms with Crippen molar-refractivity contribution in [2.24, 2.45) is 0 Å². The summed E-state index contributed by atoms with van der Waals surface area (Å²) in [6, 6.07) is 28.3. The lowest BCUT2D eigenvalue weighted by atomic mass is 10.1. The third-order valence-corrected chi connectivity index (χ3v) is 7.69. The standard InChI is InChI=1S/C31H27N3O2S/c35-30(17-21-5-2-1-3-6-21)33-31(36)29-7-4-15-34(29)26-11-8-22(9-12-26)28-19-25-18-23(10-13-27(25)32-28)24-14-16-37-20-24/h1-3,5-6,8-14,16,18-20,29,32H,4,7,15,17H2,(H,33,35,36)/t29-/m0/s1. The molecule has 37 heavy (non-hydrogen) atoms. The first-order chi connectivity index (χ1) is 18.1. The number of carbonyl (C=O) groups is 2. The van der Waals surface area contributed by atoms with Gasteiger partial charge >= 0.3 is 0 Å². The quantitative estimate of drug-likeness (QED) is 0.280. The molecule has 2 aromatic heterocycles. The van der Waals surface area contributed by atoms with Crippen LogP contribution in [0.2, 0.25) is 0 Å². The zero-order valence-electron chi connectivity index (χ0n) is 20.3. The average Bonchev–Trinajstić information content (AvgIpc) is 3.69. The fourth-order valence-electron chi connectivity index (χ4n) is 5.12. The molecule has 0 aliphatic carbocycles. The Hall–Kier alpha value is -4.16. The Labute approximate surface area is 219 Å². The van der Waals surface area contributed by atoms with Crippen molar-refractivity contribution in [1.82, 2.24) is 10.3 Å². The Morgan fingerprint density at radius 3 is 2.51 bits per heavy atom. The minimum absolute atomic E-state index is 0.202. The SMILES string of the molecule is O=C(Cc1ccccc1)NC(=O)[C@@H]1CCCN1c1ccc(-c2cc3cc(-c4ccsc4)ccc3[nH]2)cc1. The lowest BCUT2D eigenvalue weighted by Crippen LogP contribution is -2.46. The smallest absolute Gasteiger partial charge is 0.249 e. The molecule has 1 fully saturated rings. The molecule has 5 nitrogen and oxygen atoms in total. The molecule has 3 aromatic carbocycles. The van der Waals surface area contributed by atoms with Crippen LogP contribution in [0.25, 0.3) is 33.3 Å². The van der Waals surface area contributed by atoms with Gasteiger partial charge in [0.2, 0.25) is 11.8 Å². The summed E-state index contributed by atoms with van der Waals surface area (Å²) in [7, 11) is 0. The summed E-state index contributed by atoms with van der Waals surface area (Å²) in [6.45, 7) is 0.794. The van der Waals surface area contributed by atoms with Crippen LogP contribution in [-0.2, 0) is 16.0 Å². The number of hydrogen-bond acceptors (Lipinski definition) is 4. The topological polar surface area (TPSA) is 65.2 Å². The van der Waals surface area contributed by atoms with Crippen LogP contribution < -0.4 is 10.2 Å². The van der Waals surface area contributed by atoms with E-state index < -0.39 is 0 Å². The Morgan fingerprint density at radius 1 is 0.919 bits per heavy atom. The number of thiophene rings is 1. The first-order valence-electron chi connectivity index (χ1n) is 12.5. The van der Waals surface area contributed by atoms with Gasteiger partial charge < -0.3 is 9.88 Å². The third kappa shape index (κ3) is 4.93. The van der Waals surface area contributed by atoms with Crippen molar-refractivity contribution < 1.29 is 9.59 Å². The van der Waals surface area contributed by atoms with Gasteiger partial charge in [-0.15, -0.1) is 0 Å². The van der Waals surface area contributed by atoms with Crippen molar-refractivity contribution in [3.8, 4) is 22.4 Å². The van der Waals surface area contributed by atoms with Gasteiger partial charge in [-0.3, -0.25) is 14.9 Å². The molecule has 0 saturated carbocycles. The molecule has 184 valence electrons. The van der Waals surface area contributed by atoms with Gasteiger partial charge in [0.15, 0.2) is 0 Å². The van der Waals surface area contributed by atoms with E-state index in [2.05, 4.69) is 80.6 Å². The van der Waals surface area contributed by atoms with Gasteiger partial charge in [0.05, 0.1) is 6.42 Å². The highest BCUT2D eigenvalue weighted by Gasteiger charge is 2.31. The second-order valence-electron chi connectivity index (χ2n) is 9.47. The van der Waals surface area contributed by atoms with E-state index in [1.54, 1.807) is 11.3 Å². The molecule has 0 unspecified atom stereocenters. The van der Waals surface area contributed by atoms with Crippen LogP contribution in [0.1, 0.15) is 18.4 Å². The van der Waals surface area contributed by atoms with E-state index in [0.29, 0.717) is 0 Å². The predicted molar refractivity (Wildman–Crippen MR) is 151 cm³/mol. The molecule has 5 aromatic rings. The Bertz CT molecular complexity index is 1540. The van der Waals surface area contributed by atoms with E-state index in [4.69, 9.17) is 0 Å². The van der Waals surface area contributed by atoms with E-state index in [9.17, 15) is 9.59 Å². The van der Waals surface area contributed by atoms with Gasteiger partial charge in [-0.2, -0.15) is 11.3 Å². The minimum atomic E-state index is -0.339. The molecule has 2 amide bonds. The normalized spacial score (nSPS) is 15.2. The number of imide groups is 1. The summed E-state index contributed by atoms with van der Waals surface area (Å²) in [5, 5.41) is 8.06. The van der Waals surface area contributed by atoms with Crippen LogP contribution in [0.4, 0.5) is 5.69 Å². The number of aromatic amines is 1. The second-order valence-corrected chi connectivity index (χ2v) is 10.3. The largest absolute Gasteiger partial charge is 0.360 e. The summed E-state index contributed by atoms with van der Waals surface area (Å²) < 4.78 is 0. The Balaban J connectivity index is 1.15. The first-order valence-corrected chi connectivity index (χ1v) is 13.5. The zero-order chi connectivity index (χ0) is 25.2. The number of aromatic nitrogens is 1. The fraction of sp³-hybridized carbons (Fsp3) is 0.161. The van der Waals surface area contributed by atoms with Crippen molar-refractivity contribution in [3.05, 3.63) is 101 Å². The molecular formula is C31H27N3O2S. The van der Waals surface area contributed by atoms with Gasteiger partial charge in [0.25, 0.3) is 0 Å². The van der Waals surface area contributed by atoms with Crippen LogP contribution >= 0.6 is 11.3 Å². The van der Waals surface area contributed by atoms with Crippen LogP contribution in [0, 0.1) is 0 Å². The van der Waals surface area contributed by atoms with Crippen molar-refractivity contribution in [3.63, 3.8) is 0 Å². The summed E-state index contributed by atoms with van der Waals surface area (Å²) in [5.41, 5.74) is 7.61. The fourth-order valence-corrected chi connectivity index (χ4v) is 5.79. The molecule has 3 heterocycles. The maximum Gasteiger partial charge on any atom is 0.249 e. The number of rotatable bonds is 6. The summed E-state index contributed by atoms with van der Waals surface area (Å²) in [5.74, 6) is -0.487. The molecule has 1 saturated heterocycles. The minimum Gasteiger partial charge on any atom is -0.360 e. The van der Waals surface area contributed by atoms with Crippen LogP contribution in [-0.4, -0.2) is 29.4 Å². The molecule has 2 N–H and O–H groups in total. The number of benzene rings is 3. The zero-order valence-corrected chi connectivity index (χ0v) is 21.1. The molecule has 1 aliphatic heterocycles. The number of amides is 2. The highest BCUT2D eigenvalue weighted by Crippen LogP contribution is 2.32. The van der Waals surface area contributed by atoms with Gasteiger partial charge in [0, 0.05) is 28.8 Å². The Morgan fingerprint density at radius 2 is 1.73 bits per heavy atom. The van der Waals surface area contributed by atoms with E-state index in [1.165, 1.54) is 16.5 Å². The van der Waals surface area contributed by atoms with Crippen molar-refractivity contribution >= 4 is 39.7 Å². The number of nitrogens with one attached hydrogen (secondary N) is 2. The average molecular weight is 506 g/mol. The number of carbonyl (C=O) groups excluding carboxylic acids is 2. The van der Waals surface area contributed by atoms with Crippen molar-refractivity contribution in [2.45, 2.75) is 25.3 Å². The van der Waals surface area contributed by atoms with E-state index in [-0.39, 0.29) is 24.3 Å². The first kappa shape index (κ1) is 23.3. The van der Waals surface area contributed by atoms with Crippen molar-refractivity contribution in [2.75, 3.05) is 11.4 Å². The molecule has 0 radical (unpaired) electrons. The Kier molecular flexibility index (Phi) is 6.33. The summed E-state index contributed by atoms with van der Waals surface area (Å²) >= 11 is 1.70. The predicted octanol–water partition coefficient (Wildman–Crippen LogP) is 6.42.